The maximum atomic E-state index is 12.5. The topological polar surface area (TPSA) is 51.2 Å². The molecule has 0 bridgehead atoms. The summed E-state index contributed by atoms with van der Waals surface area (Å²) in [5.41, 5.74) is 0.592. The van der Waals surface area contributed by atoms with Crippen molar-refractivity contribution in [2.45, 2.75) is 19.3 Å². The minimum absolute atomic E-state index is 0.163. The highest BCUT2D eigenvalue weighted by atomic mass is 35.5. The van der Waals surface area contributed by atoms with Crippen LogP contribution in [0.1, 0.15) is 19.4 Å². The molecule has 1 N–H and O–H groups in total. The quantitative estimate of drug-likeness (QED) is 0.936. The SMILES string of the molecule is COc1nscc1NC(=O)C(C)(C)c1ccccc1Cl. The second kappa shape index (κ2) is 5.81. The summed E-state index contributed by atoms with van der Waals surface area (Å²) in [5.74, 6) is 0.252. The molecule has 0 fully saturated rings. The number of hydrogen-bond acceptors (Lipinski definition) is 4. The fourth-order valence-corrected chi connectivity index (χ4v) is 2.78. The van der Waals surface area contributed by atoms with Gasteiger partial charge in [0.2, 0.25) is 11.8 Å². The van der Waals surface area contributed by atoms with E-state index in [1.54, 1.807) is 11.4 Å². The van der Waals surface area contributed by atoms with Crippen molar-refractivity contribution in [3.8, 4) is 5.88 Å². The average molecular weight is 311 g/mol. The smallest absolute Gasteiger partial charge is 0.249 e. The molecule has 2 aromatic rings. The molecule has 4 nitrogen and oxygen atoms in total. The van der Waals surface area contributed by atoms with Gasteiger partial charge in [-0.3, -0.25) is 4.79 Å². The van der Waals surface area contributed by atoms with Gasteiger partial charge in [-0.05, 0) is 37.0 Å². The van der Waals surface area contributed by atoms with Gasteiger partial charge in [0.25, 0.3) is 0 Å². The van der Waals surface area contributed by atoms with E-state index in [0.717, 1.165) is 5.56 Å². The first-order valence-electron chi connectivity index (χ1n) is 6.01. The van der Waals surface area contributed by atoms with Gasteiger partial charge in [0.05, 0.1) is 12.5 Å². The van der Waals surface area contributed by atoms with Crippen LogP contribution in [0.3, 0.4) is 0 Å². The third kappa shape index (κ3) is 2.78. The summed E-state index contributed by atoms with van der Waals surface area (Å²) in [7, 11) is 1.52. The second-order valence-corrected chi connectivity index (χ2v) is 5.83. The molecule has 0 aliphatic heterocycles. The minimum atomic E-state index is -0.759. The van der Waals surface area contributed by atoms with E-state index in [1.807, 2.05) is 32.0 Å². The van der Waals surface area contributed by atoms with Crippen LogP contribution in [0.2, 0.25) is 5.02 Å². The molecule has 20 heavy (non-hydrogen) atoms. The molecule has 1 heterocycles. The lowest BCUT2D eigenvalue weighted by Crippen LogP contribution is -2.35. The van der Waals surface area contributed by atoms with E-state index in [9.17, 15) is 4.79 Å². The number of benzene rings is 1. The Labute approximate surface area is 126 Å². The van der Waals surface area contributed by atoms with Crippen molar-refractivity contribution in [2.75, 3.05) is 12.4 Å². The van der Waals surface area contributed by atoms with E-state index in [1.165, 1.54) is 18.6 Å². The van der Waals surface area contributed by atoms with Gasteiger partial charge in [-0.15, -0.1) is 0 Å². The Hall–Kier alpha value is -1.59. The van der Waals surface area contributed by atoms with E-state index < -0.39 is 5.41 Å². The zero-order chi connectivity index (χ0) is 14.8. The van der Waals surface area contributed by atoms with Crippen molar-refractivity contribution in [3.63, 3.8) is 0 Å². The zero-order valence-electron chi connectivity index (χ0n) is 11.4. The molecule has 0 saturated carbocycles. The number of nitrogens with one attached hydrogen (secondary N) is 1. The number of amides is 1. The molecular weight excluding hydrogens is 296 g/mol. The van der Waals surface area contributed by atoms with Crippen LogP contribution >= 0.6 is 23.1 Å². The van der Waals surface area contributed by atoms with Crippen LogP contribution in [-0.2, 0) is 10.2 Å². The van der Waals surface area contributed by atoms with E-state index in [4.69, 9.17) is 16.3 Å². The largest absolute Gasteiger partial charge is 0.479 e. The predicted octanol–water partition coefficient (Wildman–Crippen LogP) is 3.72. The third-order valence-corrected chi connectivity index (χ3v) is 4.03. The lowest BCUT2D eigenvalue weighted by molar-refractivity contribution is -0.120. The molecule has 0 atom stereocenters. The normalized spacial score (nSPS) is 11.2. The number of rotatable bonds is 4. The fourth-order valence-electron chi connectivity index (χ4n) is 1.83. The molecule has 0 radical (unpaired) electrons. The van der Waals surface area contributed by atoms with E-state index in [2.05, 4.69) is 9.69 Å². The summed E-state index contributed by atoms with van der Waals surface area (Å²) in [6.45, 7) is 3.66. The number of hydrogen-bond donors (Lipinski definition) is 1. The molecule has 6 heteroatoms. The van der Waals surface area contributed by atoms with Crippen LogP contribution in [-0.4, -0.2) is 17.4 Å². The number of ether oxygens (including phenoxy) is 1. The van der Waals surface area contributed by atoms with Crippen molar-refractivity contribution >= 4 is 34.7 Å². The van der Waals surface area contributed by atoms with Crippen molar-refractivity contribution in [1.82, 2.24) is 4.37 Å². The molecule has 1 aromatic heterocycles. The zero-order valence-corrected chi connectivity index (χ0v) is 13.0. The average Bonchev–Trinajstić information content (AvgIpc) is 2.86. The lowest BCUT2D eigenvalue weighted by Gasteiger charge is -2.25. The monoisotopic (exact) mass is 310 g/mol. The Morgan fingerprint density at radius 3 is 2.75 bits per heavy atom. The number of halogens is 1. The van der Waals surface area contributed by atoms with Gasteiger partial charge in [0, 0.05) is 10.4 Å². The van der Waals surface area contributed by atoms with E-state index in [0.29, 0.717) is 16.6 Å². The van der Waals surface area contributed by atoms with Gasteiger partial charge >= 0.3 is 0 Å². The van der Waals surface area contributed by atoms with Crippen LogP contribution in [0, 0.1) is 0 Å². The first-order valence-corrected chi connectivity index (χ1v) is 7.23. The van der Waals surface area contributed by atoms with E-state index >= 15 is 0 Å². The number of methoxy groups -OCH3 is 1. The number of carbonyl (C=O) groups excluding carboxylic acids is 1. The summed E-state index contributed by atoms with van der Waals surface area (Å²) in [6.07, 6.45) is 0. The molecule has 0 aliphatic rings. The van der Waals surface area contributed by atoms with Gasteiger partial charge in [0.1, 0.15) is 5.69 Å². The van der Waals surface area contributed by atoms with Crippen molar-refractivity contribution in [3.05, 3.63) is 40.2 Å². The molecule has 1 aromatic carbocycles. The maximum Gasteiger partial charge on any atom is 0.249 e. The van der Waals surface area contributed by atoms with E-state index in [-0.39, 0.29) is 5.91 Å². The van der Waals surface area contributed by atoms with Crippen LogP contribution in [0.25, 0.3) is 0 Å². The highest BCUT2D eigenvalue weighted by Gasteiger charge is 2.32. The Morgan fingerprint density at radius 2 is 2.10 bits per heavy atom. The van der Waals surface area contributed by atoms with Crippen molar-refractivity contribution in [1.29, 1.82) is 0 Å². The van der Waals surface area contributed by atoms with Crippen LogP contribution < -0.4 is 10.1 Å². The molecule has 0 saturated heterocycles. The van der Waals surface area contributed by atoms with Gasteiger partial charge in [-0.1, -0.05) is 29.8 Å². The van der Waals surface area contributed by atoms with Gasteiger partial charge < -0.3 is 10.1 Å². The summed E-state index contributed by atoms with van der Waals surface area (Å²) in [5, 5.41) is 5.14. The van der Waals surface area contributed by atoms with Gasteiger partial charge in [-0.2, -0.15) is 4.37 Å². The number of aromatic nitrogens is 1. The standard InChI is InChI=1S/C14H15ClN2O2S/c1-14(2,9-6-4-5-7-10(9)15)13(18)16-11-8-20-17-12(11)19-3/h4-8H,1-3H3,(H,16,18). The van der Waals surface area contributed by atoms with Gasteiger partial charge in [0.15, 0.2) is 0 Å². The van der Waals surface area contributed by atoms with Crippen LogP contribution in [0.5, 0.6) is 5.88 Å². The predicted molar refractivity (Wildman–Crippen MR) is 81.8 cm³/mol. The molecule has 106 valence electrons. The van der Waals surface area contributed by atoms with Crippen molar-refractivity contribution < 1.29 is 9.53 Å². The van der Waals surface area contributed by atoms with Gasteiger partial charge in [-0.25, -0.2) is 0 Å². The first kappa shape index (κ1) is 14.8. The lowest BCUT2D eigenvalue weighted by atomic mass is 9.83. The molecule has 0 aliphatic carbocycles. The maximum absolute atomic E-state index is 12.5. The molecule has 2 rings (SSSR count). The molecule has 0 spiro atoms. The summed E-state index contributed by atoms with van der Waals surface area (Å²) < 4.78 is 9.13. The Kier molecular flexibility index (Phi) is 4.30. The minimum Gasteiger partial charge on any atom is -0.479 e. The molecule has 0 unspecified atom stereocenters. The number of nitrogens with zero attached hydrogens (tertiary/aromatic N) is 1. The Morgan fingerprint density at radius 1 is 1.40 bits per heavy atom. The number of anilines is 1. The second-order valence-electron chi connectivity index (χ2n) is 4.80. The Bertz CT molecular complexity index is 625. The van der Waals surface area contributed by atoms with Crippen molar-refractivity contribution in [2.24, 2.45) is 0 Å². The Balaban J connectivity index is 2.26. The third-order valence-electron chi connectivity index (χ3n) is 3.09. The first-order chi connectivity index (χ1) is 9.46. The highest BCUT2D eigenvalue weighted by molar-refractivity contribution is 7.04. The summed E-state index contributed by atoms with van der Waals surface area (Å²) in [6, 6.07) is 7.33. The fraction of sp³-hybridized carbons (Fsp3) is 0.286. The number of carbonyl (C=O) groups is 1. The molecular formula is C14H15ClN2O2S. The molecule has 1 amide bonds. The summed E-state index contributed by atoms with van der Waals surface area (Å²) in [4.78, 5) is 12.5. The highest BCUT2D eigenvalue weighted by Crippen LogP contribution is 2.32. The van der Waals surface area contributed by atoms with Crippen LogP contribution in [0.15, 0.2) is 29.6 Å². The van der Waals surface area contributed by atoms with Crippen LogP contribution in [0.4, 0.5) is 5.69 Å². The summed E-state index contributed by atoms with van der Waals surface area (Å²) >= 11 is 7.40.